The highest BCUT2D eigenvalue weighted by Crippen LogP contribution is 2.18. The molecule has 16 heavy (non-hydrogen) atoms. The summed E-state index contributed by atoms with van der Waals surface area (Å²) in [7, 11) is 0. The van der Waals surface area contributed by atoms with Crippen molar-refractivity contribution in [3.63, 3.8) is 0 Å². The molecule has 0 aliphatic rings. The Morgan fingerprint density at radius 2 is 2.19 bits per heavy atom. The van der Waals surface area contributed by atoms with Crippen LogP contribution in [0, 0.1) is 13.8 Å². The standard InChI is InChI=1S/C12H22N2S2/c1-5-13-11(6-7-15-4)8-12-14-9(2)10(3)16-12/h11,13H,5-8H2,1-4H3. The molecule has 0 radical (unpaired) electrons. The fourth-order valence-electron chi connectivity index (χ4n) is 1.66. The summed E-state index contributed by atoms with van der Waals surface area (Å²) < 4.78 is 0. The largest absolute Gasteiger partial charge is 0.314 e. The number of thiazole rings is 1. The lowest BCUT2D eigenvalue weighted by atomic mass is 10.1. The maximum absolute atomic E-state index is 4.61. The number of rotatable bonds is 7. The van der Waals surface area contributed by atoms with Crippen molar-refractivity contribution in [1.82, 2.24) is 10.3 Å². The van der Waals surface area contributed by atoms with Crippen LogP contribution in [-0.4, -0.2) is 29.6 Å². The summed E-state index contributed by atoms with van der Waals surface area (Å²) in [5, 5.41) is 4.83. The van der Waals surface area contributed by atoms with Crippen LogP contribution < -0.4 is 5.32 Å². The van der Waals surface area contributed by atoms with Gasteiger partial charge < -0.3 is 5.32 Å². The summed E-state index contributed by atoms with van der Waals surface area (Å²) in [4.78, 5) is 5.97. The van der Waals surface area contributed by atoms with E-state index in [0.29, 0.717) is 6.04 Å². The molecule has 0 aliphatic carbocycles. The first-order chi connectivity index (χ1) is 7.67. The summed E-state index contributed by atoms with van der Waals surface area (Å²) >= 11 is 3.76. The maximum atomic E-state index is 4.61. The molecule has 0 fully saturated rings. The molecule has 1 atom stereocenters. The summed E-state index contributed by atoms with van der Waals surface area (Å²) in [6, 6.07) is 0.586. The Bertz CT molecular complexity index is 290. The maximum Gasteiger partial charge on any atom is 0.0946 e. The van der Waals surface area contributed by atoms with Crippen LogP contribution in [0.3, 0.4) is 0 Å². The Balaban J connectivity index is 2.52. The molecular weight excluding hydrogens is 236 g/mol. The number of hydrogen-bond donors (Lipinski definition) is 1. The van der Waals surface area contributed by atoms with E-state index in [1.807, 2.05) is 23.1 Å². The van der Waals surface area contributed by atoms with Gasteiger partial charge in [0, 0.05) is 17.3 Å². The van der Waals surface area contributed by atoms with Crippen molar-refractivity contribution < 1.29 is 0 Å². The molecule has 0 saturated carbocycles. The minimum atomic E-state index is 0.586. The summed E-state index contributed by atoms with van der Waals surface area (Å²) in [6.45, 7) is 7.47. The molecule has 0 saturated heterocycles. The fourth-order valence-corrected chi connectivity index (χ4v) is 3.20. The van der Waals surface area contributed by atoms with Crippen LogP contribution in [0.25, 0.3) is 0 Å². The van der Waals surface area contributed by atoms with Crippen LogP contribution in [0.15, 0.2) is 0 Å². The van der Waals surface area contributed by atoms with Crippen molar-refractivity contribution in [3.05, 3.63) is 15.6 Å². The van der Waals surface area contributed by atoms with Crippen LogP contribution >= 0.6 is 23.1 Å². The molecule has 0 amide bonds. The van der Waals surface area contributed by atoms with E-state index in [-0.39, 0.29) is 0 Å². The molecule has 1 N–H and O–H groups in total. The molecule has 0 bridgehead atoms. The predicted octanol–water partition coefficient (Wildman–Crippen LogP) is 3.03. The second kappa shape index (κ2) is 7.30. The normalized spacial score (nSPS) is 13.0. The molecule has 1 heterocycles. The van der Waals surface area contributed by atoms with E-state index in [1.165, 1.54) is 27.8 Å². The van der Waals surface area contributed by atoms with E-state index in [2.05, 4.69) is 37.3 Å². The van der Waals surface area contributed by atoms with Gasteiger partial charge in [-0.2, -0.15) is 11.8 Å². The number of thioether (sulfide) groups is 1. The first-order valence-corrected chi connectivity index (χ1v) is 8.03. The zero-order chi connectivity index (χ0) is 12.0. The summed E-state index contributed by atoms with van der Waals surface area (Å²) in [5.74, 6) is 1.22. The summed E-state index contributed by atoms with van der Waals surface area (Å²) in [5.41, 5.74) is 1.19. The highest BCUT2D eigenvalue weighted by atomic mass is 32.2. The molecule has 0 aliphatic heterocycles. The predicted molar refractivity (Wildman–Crippen MR) is 75.8 cm³/mol. The third kappa shape index (κ3) is 4.44. The summed E-state index contributed by atoms with van der Waals surface area (Å²) in [6.07, 6.45) is 4.47. The minimum absolute atomic E-state index is 0.586. The Morgan fingerprint density at radius 3 is 2.69 bits per heavy atom. The van der Waals surface area contributed by atoms with Crippen molar-refractivity contribution in [2.75, 3.05) is 18.6 Å². The number of likely N-dealkylation sites (N-methyl/N-ethyl adjacent to an activating group) is 1. The van der Waals surface area contributed by atoms with Crippen molar-refractivity contribution in [3.8, 4) is 0 Å². The molecule has 2 nitrogen and oxygen atoms in total. The van der Waals surface area contributed by atoms with Gasteiger partial charge in [0.1, 0.15) is 0 Å². The Kier molecular flexibility index (Phi) is 6.39. The van der Waals surface area contributed by atoms with Gasteiger partial charge in [0.2, 0.25) is 0 Å². The fraction of sp³-hybridized carbons (Fsp3) is 0.750. The molecule has 1 rings (SSSR count). The smallest absolute Gasteiger partial charge is 0.0946 e. The van der Waals surface area contributed by atoms with Gasteiger partial charge >= 0.3 is 0 Å². The van der Waals surface area contributed by atoms with Crippen LogP contribution in [0.1, 0.15) is 28.9 Å². The SMILES string of the molecule is CCNC(CCSC)Cc1nc(C)c(C)s1. The number of nitrogens with one attached hydrogen (secondary N) is 1. The Labute approximate surface area is 107 Å². The lowest BCUT2D eigenvalue weighted by molar-refractivity contribution is 0.512. The quantitative estimate of drug-likeness (QED) is 0.814. The molecule has 0 spiro atoms. The van der Waals surface area contributed by atoms with Gasteiger partial charge in [-0.25, -0.2) is 4.98 Å². The first-order valence-electron chi connectivity index (χ1n) is 5.82. The molecule has 4 heteroatoms. The monoisotopic (exact) mass is 258 g/mol. The van der Waals surface area contributed by atoms with Crippen LogP contribution in [0.5, 0.6) is 0 Å². The second-order valence-electron chi connectivity index (χ2n) is 3.99. The minimum Gasteiger partial charge on any atom is -0.314 e. The van der Waals surface area contributed by atoms with E-state index in [9.17, 15) is 0 Å². The van der Waals surface area contributed by atoms with E-state index in [0.717, 1.165) is 13.0 Å². The number of nitrogens with zero attached hydrogens (tertiary/aromatic N) is 1. The Hall–Kier alpha value is -0.0600. The van der Waals surface area contributed by atoms with Crippen LogP contribution in [0.4, 0.5) is 0 Å². The number of aryl methyl sites for hydroxylation is 2. The zero-order valence-corrected chi connectivity index (χ0v) is 12.3. The van der Waals surface area contributed by atoms with E-state index >= 15 is 0 Å². The molecular formula is C12H22N2S2. The molecule has 1 aromatic heterocycles. The van der Waals surface area contributed by atoms with Gasteiger partial charge in [-0.05, 0) is 38.8 Å². The van der Waals surface area contributed by atoms with Gasteiger partial charge in [0.15, 0.2) is 0 Å². The van der Waals surface area contributed by atoms with Crippen molar-refractivity contribution in [1.29, 1.82) is 0 Å². The van der Waals surface area contributed by atoms with Gasteiger partial charge in [0.05, 0.1) is 10.7 Å². The van der Waals surface area contributed by atoms with Crippen LogP contribution in [-0.2, 0) is 6.42 Å². The van der Waals surface area contributed by atoms with Crippen molar-refractivity contribution in [2.24, 2.45) is 0 Å². The highest BCUT2D eigenvalue weighted by Gasteiger charge is 2.11. The van der Waals surface area contributed by atoms with Crippen molar-refractivity contribution in [2.45, 2.75) is 39.7 Å². The lowest BCUT2D eigenvalue weighted by Crippen LogP contribution is -2.31. The number of aromatic nitrogens is 1. The van der Waals surface area contributed by atoms with Gasteiger partial charge in [-0.15, -0.1) is 11.3 Å². The lowest BCUT2D eigenvalue weighted by Gasteiger charge is -2.15. The Morgan fingerprint density at radius 1 is 1.44 bits per heavy atom. The zero-order valence-electron chi connectivity index (χ0n) is 10.7. The molecule has 92 valence electrons. The highest BCUT2D eigenvalue weighted by molar-refractivity contribution is 7.98. The van der Waals surface area contributed by atoms with E-state index < -0.39 is 0 Å². The molecule has 0 aromatic carbocycles. The molecule has 1 unspecified atom stereocenters. The van der Waals surface area contributed by atoms with Gasteiger partial charge in [0.25, 0.3) is 0 Å². The third-order valence-electron chi connectivity index (χ3n) is 2.66. The van der Waals surface area contributed by atoms with E-state index in [1.54, 1.807) is 0 Å². The van der Waals surface area contributed by atoms with Crippen LogP contribution in [0.2, 0.25) is 0 Å². The first kappa shape index (κ1) is 14.0. The second-order valence-corrected chi connectivity index (χ2v) is 6.26. The van der Waals surface area contributed by atoms with Gasteiger partial charge in [-0.1, -0.05) is 6.92 Å². The number of hydrogen-bond acceptors (Lipinski definition) is 4. The average molecular weight is 258 g/mol. The van der Waals surface area contributed by atoms with E-state index in [4.69, 9.17) is 0 Å². The topological polar surface area (TPSA) is 24.9 Å². The third-order valence-corrected chi connectivity index (χ3v) is 4.40. The molecule has 1 aromatic rings. The average Bonchev–Trinajstić information content (AvgIpc) is 2.55. The van der Waals surface area contributed by atoms with Crippen molar-refractivity contribution >= 4 is 23.1 Å². The van der Waals surface area contributed by atoms with Gasteiger partial charge in [-0.3, -0.25) is 0 Å².